The molecule has 0 saturated carbocycles. The van der Waals surface area contributed by atoms with Crippen LogP contribution in [-0.4, -0.2) is 18.0 Å². The number of furan rings is 1. The number of halogens is 2. The second-order valence-electron chi connectivity index (χ2n) is 7.55. The molecule has 1 amide bonds. The molecule has 0 saturated heterocycles. The molecule has 0 spiro atoms. The van der Waals surface area contributed by atoms with Gasteiger partial charge in [-0.2, -0.15) is 0 Å². The van der Waals surface area contributed by atoms with E-state index in [1.807, 2.05) is 42.5 Å². The van der Waals surface area contributed by atoms with E-state index in [9.17, 15) is 4.79 Å². The number of thiazole rings is 1. The summed E-state index contributed by atoms with van der Waals surface area (Å²) in [5.74, 6) is 1.31. The predicted octanol–water partition coefficient (Wildman–Crippen LogP) is 8.19. The van der Waals surface area contributed by atoms with Crippen molar-refractivity contribution in [2.24, 2.45) is 0 Å². The minimum absolute atomic E-state index is 0.327. The maximum absolute atomic E-state index is 12.7. The van der Waals surface area contributed by atoms with Crippen LogP contribution in [-0.2, 0) is 4.79 Å². The summed E-state index contributed by atoms with van der Waals surface area (Å²) >= 11 is 13.8. The molecule has 2 aromatic heterocycles. The first-order valence-corrected chi connectivity index (χ1v) is 12.2. The highest BCUT2D eigenvalue weighted by Gasteiger charge is 2.12. The fourth-order valence-electron chi connectivity index (χ4n) is 3.54. The smallest absolute Gasteiger partial charge is 0.248 e. The van der Waals surface area contributed by atoms with Crippen molar-refractivity contribution >= 4 is 62.4 Å². The number of benzene rings is 3. The van der Waals surface area contributed by atoms with Crippen molar-refractivity contribution in [3.8, 4) is 27.6 Å². The van der Waals surface area contributed by atoms with E-state index in [1.54, 1.807) is 54.9 Å². The van der Waals surface area contributed by atoms with Gasteiger partial charge >= 0.3 is 0 Å². The number of para-hydroxylation sites is 1. The number of rotatable bonds is 6. The summed E-state index contributed by atoms with van der Waals surface area (Å²) in [5, 5.41) is 4.78. The molecule has 2 heterocycles. The zero-order valence-corrected chi connectivity index (χ0v) is 20.7. The summed E-state index contributed by atoms with van der Waals surface area (Å²) in [6.07, 6.45) is 2.99. The minimum Gasteiger partial charge on any atom is -0.495 e. The Morgan fingerprint density at radius 2 is 1.91 bits per heavy atom. The van der Waals surface area contributed by atoms with Crippen LogP contribution in [0.25, 0.3) is 38.2 Å². The molecular formula is C27H18Cl2N2O3S. The number of carbonyl (C=O) groups is 1. The Bertz CT molecular complexity index is 1540. The Kier molecular flexibility index (Phi) is 6.59. The molecule has 3 aromatic carbocycles. The lowest BCUT2D eigenvalue weighted by Crippen LogP contribution is -2.09. The fourth-order valence-corrected chi connectivity index (χ4v) is 5.01. The lowest BCUT2D eigenvalue weighted by molar-refractivity contribution is -0.111. The maximum atomic E-state index is 12.7. The van der Waals surface area contributed by atoms with Crippen LogP contribution in [0.4, 0.5) is 5.69 Å². The predicted molar refractivity (Wildman–Crippen MR) is 143 cm³/mol. The summed E-state index contributed by atoms with van der Waals surface area (Å²) in [5.41, 5.74) is 3.10. The average Bonchev–Trinajstić information content (AvgIpc) is 3.50. The van der Waals surface area contributed by atoms with Crippen molar-refractivity contribution in [1.29, 1.82) is 0 Å². The van der Waals surface area contributed by atoms with E-state index >= 15 is 0 Å². The van der Waals surface area contributed by atoms with E-state index in [4.69, 9.17) is 37.3 Å². The number of nitrogens with zero attached hydrogens (tertiary/aromatic N) is 1. The monoisotopic (exact) mass is 520 g/mol. The van der Waals surface area contributed by atoms with E-state index in [0.29, 0.717) is 33.0 Å². The molecule has 0 atom stereocenters. The zero-order chi connectivity index (χ0) is 24.4. The quantitative estimate of drug-likeness (QED) is 0.229. The van der Waals surface area contributed by atoms with Gasteiger partial charge in [0, 0.05) is 22.2 Å². The molecule has 0 aliphatic carbocycles. The largest absolute Gasteiger partial charge is 0.495 e. The Balaban J connectivity index is 1.34. The number of aromatic nitrogens is 1. The molecule has 1 N–H and O–H groups in total. The van der Waals surface area contributed by atoms with Crippen LogP contribution in [0.2, 0.25) is 10.0 Å². The first-order valence-electron chi connectivity index (χ1n) is 10.6. The van der Waals surface area contributed by atoms with Crippen LogP contribution in [0.3, 0.4) is 0 Å². The van der Waals surface area contributed by atoms with Crippen molar-refractivity contribution in [3.05, 3.63) is 94.7 Å². The third-order valence-corrected chi connectivity index (χ3v) is 6.85. The van der Waals surface area contributed by atoms with E-state index in [1.165, 1.54) is 6.08 Å². The van der Waals surface area contributed by atoms with E-state index < -0.39 is 0 Å². The molecule has 0 radical (unpaired) electrons. The number of nitrogens with one attached hydrogen (secondary N) is 1. The van der Waals surface area contributed by atoms with Crippen LogP contribution in [0.1, 0.15) is 5.76 Å². The van der Waals surface area contributed by atoms with Gasteiger partial charge in [0.2, 0.25) is 5.91 Å². The molecule has 0 aliphatic heterocycles. The van der Waals surface area contributed by atoms with Gasteiger partial charge in [-0.3, -0.25) is 4.79 Å². The highest BCUT2D eigenvalue weighted by Crippen LogP contribution is 2.35. The summed E-state index contributed by atoms with van der Waals surface area (Å²) in [6, 6.07) is 22.3. The SMILES string of the molecule is COc1ccc(-c2nc3ccccc3s2)cc1NC(=O)/C=C/c1ccc(-c2ccc(Cl)cc2Cl)o1. The first-order chi connectivity index (χ1) is 17.0. The summed E-state index contributed by atoms with van der Waals surface area (Å²) in [4.78, 5) is 17.4. The Hall–Kier alpha value is -3.58. The average molecular weight is 521 g/mol. The molecule has 8 heteroatoms. The molecule has 0 unspecified atom stereocenters. The van der Waals surface area contributed by atoms with Crippen LogP contribution in [0, 0.1) is 0 Å². The molecule has 174 valence electrons. The van der Waals surface area contributed by atoms with Crippen LogP contribution >= 0.6 is 34.5 Å². The summed E-state index contributed by atoms with van der Waals surface area (Å²) in [7, 11) is 1.56. The second kappa shape index (κ2) is 9.96. The van der Waals surface area contributed by atoms with Gasteiger partial charge in [0.1, 0.15) is 22.3 Å². The zero-order valence-electron chi connectivity index (χ0n) is 18.4. The summed E-state index contributed by atoms with van der Waals surface area (Å²) < 4.78 is 12.4. The molecule has 5 aromatic rings. The maximum Gasteiger partial charge on any atom is 0.248 e. The minimum atomic E-state index is -0.327. The van der Waals surface area contributed by atoms with Gasteiger partial charge in [0.25, 0.3) is 0 Å². The molecule has 5 nitrogen and oxygen atoms in total. The Morgan fingerprint density at radius 3 is 2.71 bits per heavy atom. The lowest BCUT2D eigenvalue weighted by atomic mass is 10.2. The third-order valence-electron chi connectivity index (χ3n) is 5.22. The molecule has 5 rings (SSSR count). The van der Waals surface area contributed by atoms with Gasteiger partial charge in [-0.05, 0) is 66.7 Å². The van der Waals surface area contributed by atoms with Crippen LogP contribution in [0.15, 0.2) is 83.3 Å². The number of ether oxygens (including phenoxy) is 1. The number of anilines is 1. The van der Waals surface area contributed by atoms with Crippen molar-refractivity contribution < 1.29 is 13.9 Å². The van der Waals surface area contributed by atoms with Crippen molar-refractivity contribution in [2.75, 3.05) is 12.4 Å². The highest BCUT2D eigenvalue weighted by atomic mass is 35.5. The van der Waals surface area contributed by atoms with Gasteiger partial charge in [0.05, 0.1) is 28.0 Å². The Labute approximate surface area is 215 Å². The second-order valence-corrected chi connectivity index (χ2v) is 9.42. The number of amides is 1. The number of fused-ring (bicyclic) bond motifs is 1. The fraction of sp³-hybridized carbons (Fsp3) is 0.0370. The molecule has 35 heavy (non-hydrogen) atoms. The number of methoxy groups -OCH3 is 1. The van der Waals surface area contributed by atoms with Gasteiger partial charge in [0.15, 0.2) is 0 Å². The standard InChI is InChI=1S/C27H18Cl2N2O3S/c1-33-24-11-6-16(27-31-21-4-2-3-5-25(21)35-27)14-22(24)30-26(32)13-9-18-8-12-23(34-18)19-10-7-17(28)15-20(19)29/h2-15H,1H3,(H,30,32)/b13-9+. The normalized spacial score (nSPS) is 11.3. The van der Waals surface area contributed by atoms with Gasteiger partial charge in [-0.15, -0.1) is 11.3 Å². The number of hydrogen-bond donors (Lipinski definition) is 1. The van der Waals surface area contributed by atoms with Gasteiger partial charge in [-0.1, -0.05) is 35.3 Å². The third kappa shape index (κ3) is 5.10. The molecule has 0 aliphatic rings. The van der Waals surface area contributed by atoms with Crippen molar-refractivity contribution in [1.82, 2.24) is 4.98 Å². The van der Waals surface area contributed by atoms with Crippen LogP contribution < -0.4 is 10.1 Å². The summed E-state index contributed by atoms with van der Waals surface area (Å²) in [6.45, 7) is 0. The first kappa shape index (κ1) is 23.2. The van der Waals surface area contributed by atoms with Gasteiger partial charge in [-0.25, -0.2) is 4.98 Å². The van der Waals surface area contributed by atoms with Crippen molar-refractivity contribution in [2.45, 2.75) is 0 Å². The molecule has 0 bridgehead atoms. The Morgan fingerprint density at radius 1 is 1.06 bits per heavy atom. The topological polar surface area (TPSA) is 64.4 Å². The molecule has 0 fully saturated rings. The molecular weight excluding hydrogens is 503 g/mol. The van der Waals surface area contributed by atoms with E-state index in [0.717, 1.165) is 26.4 Å². The van der Waals surface area contributed by atoms with Gasteiger partial charge < -0.3 is 14.5 Å². The van der Waals surface area contributed by atoms with Crippen LogP contribution in [0.5, 0.6) is 5.75 Å². The number of hydrogen-bond acceptors (Lipinski definition) is 5. The lowest BCUT2D eigenvalue weighted by Gasteiger charge is -2.10. The van der Waals surface area contributed by atoms with E-state index in [2.05, 4.69) is 5.32 Å². The highest BCUT2D eigenvalue weighted by molar-refractivity contribution is 7.21. The van der Waals surface area contributed by atoms with Crippen molar-refractivity contribution in [3.63, 3.8) is 0 Å². The number of carbonyl (C=O) groups excluding carboxylic acids is 1. The van der Waals surface area contributed by atoms with E-state index in [-0.39, 0.29) is 5.91 Å².